The van der Waals surface area contributed by atoms with Crippen LogP contribution in [0.2, 0.25) is 0 Å². The van der Waals surface area contributed by atoms with Crippen LogP contribution in [0.5, 0.6) is 0 Å². The van der Waals surface area contributed by atoms with Gasteiger partial charge in [0.2, 0.25) is 0 Å². The normalized spacial score (nSPS) is 40.5. The van der Waals surface area contributed by atoms with E-state index in [1.807, 2.05) is 0 Å². The molecule has 4 aliphatic rings. The standard InChI is InChI=1S/C16H29N3O/c1-3-14-12-20-15(10-19(14)8-1)9-18-7-2-6-17-16(11-18)13-4-5-13/h13-17H,1-12H2. The molecule has 1 saturated carbocycles. The molecule has 3 saturated heterocycles. The van der Waals surface area contributed by atoms with Crippen molar-refractivity contribution in [1.29, 1.82) is 0 Å². The zero-order chi connectivity index (χ0) is 13.4. The fraction of sp³-hybridized carbons (Fsp3) is 1.00. The summed E-state index contributed by atoms with van der Waals surface area (Å²) in [6.45, 7) is 8.29. The molecule has 1 N–H and O–H groups in total. The molecule has 4 nitrogen and oxygen atoms in total. The van der Waals surface area contributed by atoms with Crippen LogP contribution in [-0.2, 0) is 4.74 Å². The van der Waals surface area contributed by atoms with Gasteiger partial charge in [-0.2, -0.15) is 0 Å². The second-order valence-corrected chi connectivity index (χ2v) is 7.26. The van der Waals surface area contributed by atoms with E-state index in [1.165, 1.54) is 64.8 Å². The lowest BCUT2D eigenvalue weighted by Gasteiger charge is -2.37. The molecule has 1 aliphatic carbocycles. The first-order chi connectivity index (χ1) is 9.88. The van der Waals surface area contributed by atoms with Crippen molar-refractivity contribution < 1.29 is 4.74 Å². The van der Waals surface area contributed by atoms with Crippen LogP contribution < -0.4 is 5.32 Å². The van der Waals surface area contributed by atoms with Gasteiger partial charge < -0.3 is 10.1 Å². The quantitative estimate of drug-likeness (QED) is 0.831. The second-order valence-electron chi connectivity index (χ2n) is 7.26. The Kier molecular flexibility index (Phi) is 3.99. The smallest absolute Gasteiger partial charge is 0.0829 e. The summed E-state index contributed by atoms with van der Waals surface area (Å²) in [5.41, 5.74) is 0. The maximum absolute atomic E-state index is 6.14. The number of ether oxygens (including phenoxy) is 1. The van der Waals surface area contributed by atoms with Crippen LogP contribution in [-0.4, -0.2) is 73.9 Å². The van der Waals surface area contributed by atoms with Gasteiger partial charge >= 0.3 is 0 Å². The number of nitrogens with zero attached hydrogens (tertiary/aromatic N) is 2. The van der Waals surface area contributed by atoms with Gasteiger partial charge in [-0.1, -0.05) is 0 Å². The van der Waals surface area contributed by atoms with Crippen LogP contribution in [0.3, 0.4) is 0 Å². The van der Waals surface area contributed by atoms with Gasteiger partial charge in [0.05, 0.1) is 12.7 Å². The van der Waals surface area contributed by atoms with Gasteiger partial charge in [0, 0.05) is 31.7 Å². The summed E-state index contributed by atoms with van der Waals surface area (Å²) in [7, 11) is 0. The molecule has 3 atom stereocenters. The van der Waals surface area contributed by atoms with Gasteiger partial charge in [0.15, 0.2) is 0 Å². The monoisotopic (exact) mass is 279 g/mol. The highest BCUT2D eigenvalue weighted by atomic mass is 16.5. The maximum atomic E-state index is 6.14. The zero-order valence-electron chi connectivity index (χ0n) is 12.6. The summed E-state index contributed by atoms with van der Waals surface area (Å²) in [6.07, 6.45) is 7.36. The number of hydrogen-bond acceptors (Lipinski definition) is 4. The number of morpholine rings is 1. The molecule has 114 valence electrons. The van der Waals surface area contributed by atoms with Gasteiger partial charge in [0.1, 0.15) is 0 Å². The van der Waals surface area contributed by atoms with Gasteiger partial charge in [0.25, 0.3) is 0 Å². The van der Waals surface area contributed by atoms with E-state index < -0.39 is 0 Å². The first-order valence-electron chi connectivity index (χ1n) is 8.70. The minimum atomic E-state index is 0.447. The topological polar surface area (TPSA) is 27.7 Å². The van der Waals surface area contributed by atoms with E-state index >= 15 is 0 Å². The number of fused-ring (bicyclic) bond motifs is 1. The number of rotatable bonds is 3. The van der Waals surface area contributed by atoms with Gasteiger partial charge in [-0.3, -0.25) is 9.80 Å². The fourth-order valence-corrected chi connectivity index (χ4v) is 4.29. The average Bonchev–Trinajstić information content (AvgIpc) is 3.22. The molecule has 0 aromatic carbocycles. The van der Waals surface area contributed by atoms with Crippen LogP contribution in [0.1, 0.15) is 32.1 Å². The van der Waals surface area contributed by atoms with E-state index in [0.29, 0.717) is 6.10 Å². The maximum Gasteiger partial charge on any atom is 0.0829 e. The zero-order valence-corrected chi connectivity index (χ0v) is 12.6. The Bertz CT molecular complexity index is 334. The third kappa shape index (κ3) is 3.03. The molecule has 4 rings (SSSR count). The molecule has 0 radical (unpaired) electrons. The van der Waals surface area contributed by atoms with Crippen molar-refractivity contribution >= 4 is 0 Å². The van der Waals surface area contributed by atoms with Crippen LogP contribution >= 0.6 is 0 Å². The molecule has 20 heavy (non-hydrogen) atoms. The molecule has 3 heterocycles. The highest BCUT2D eigenvalue weighted by Crippen LogP contribution is 2.33. The summed E-state index contributed by atoms with van der Waals surface area (Å²) in [5.74, 6) is 0.964. The third-order valence-electron chi connectivity index (χ3n) is 5.63. The molecule has 0 spiro atoms. The lowest BCUT2D eigenvalue weighted by atomic mass is 10.1. The predicted molar refractivity (Wildman–Crippen MR) is 79.9 cm³/mol. The van der Waals surface area contributed by atoms with Crippen molar-refractivity contribution in [3.05, 3.63) is 0 Å². The minimum absolute atomic E-state index is 0.447. The Morgan fingerprint density at radius 1 is 1.05 bits per heavy atom. The fourth-order valence-electron chi connectivity index (χ4n) is 4.29. The van der Waals surface area contributed by atoms with E-state index in [0.717, 1.165) is 31.2 Å². The molecule has 0 aromatic heterocycles. The first-order valence-corrected chi connectivity index (χ1v) is 8.70. The molecule has 0 amide bonds. The second kappa shape index (κ2) is 5.91. The first kappa shape index (κ1) is 13.5. The summed E-state index contributed by atoms with van der Waals surface area (Å²) < 4.78 is 6.14. The Labute approximate surface area is 122 Å². The summed E-state index contributed by atoms with van der Waals surface area (Å²) >= 11 is 0. The van der Waals surface area contributed by atoms with Crippen molar-refractivity contribution in [3.63, 3.8) is 0 Å². The molecule has 3 unspecified atom stereocenters. The summed E-state index contributed by atoms with van der Waals surface area (Å²) in [5, 5.41) is 3.75. The number of hydrogen-bond donors (Lipinski definition) is 1. The molecular weight excluding hydrogens is 250 g/mol. The van der Waals surface area contributed by atoms with Gasteiger partial charge in [-0.05, 0) is 57.7 Å². The summed E-state index contributed by atoms with van der Waals surface area (Å²) in [4.78, 5) is 5.34. The highest BCUT2D eigenvalue weighted by Gasteiger charge is 2.36. The van der Waals surface area contributed by atoms with E-state index in [9.17, 15) is 0 Å². The van der Waals surface area contributed by atoms with Crippen molar-refractivity contribution in [2.24, 2.45) is 5.92 Å². The Morgan fingerprint density at radius 3 is 2.90 bits per heavy atom. The lowest BCUT2D eigenvalue weighted by molar-refractivity contribution is -0.0612. The Morgan fingerprint density at radius 2 is 2.00 bits per heavy atom. The molecule has 4 heteroatoms. The Balaban J connectivity index is 1.31. The highest BCUT2D eigenvalue weighted by molar-refractivity contribution is 4.91. The van der Waals surface area contributed by atoms with Crippen molar-refractivity contribution in [1.82, 2.24) is 15.1 Å². The van der Waals surface area contributed by atoms with E-state index in [1.54, 1.807) is 0 Å². The summed E-state index contributed by atoms with van der Waals surface area (Å²) in [6, 6.07) is 1.48. The molecule has 0 bridgehead atoms. The lowest BCUT2D eigenvalue weighted by Crippen LogP contribution is -2.51. The van der Waals surface area contributed by atoms with Crippen LogP contribution in [0, 0.1) is 5.92 Å². The molecule has 0 aromatic rings. The van der Waals surface area contributed by atoms with Crippen molar-refractivity contribution in [3.8, 4) is 0 Å². The third-order valence-corrected chi connectivity index (χ3v) is 5.63. The minimum Gasteiger partial charge on any atom is -0.374 e. The van der Waals surface area contributed by atoms with Crippen molar-refractivity contribution in [2.45, 2.75) is 50.3 Å². The van der Waals surface area contributed by atoms with E-state index in [-0.39, 0.29) is 0 Å². The van der Waals surface area contributed by atoms with E-state index in [4.69, 9.17) is 4.74 Å². The number of nitrogens with one attached hydrogen (secondary N) is 1. The van der Waals surface area contributed by atoms with Gasteiger partial charge in [-0.25, -0.2) is 0 Å². The predicted octanol–water partition coefficient (Wildman–Crippen LogP) is 0.924. The average molecular weight is 279 g/mol. The van der Waals surface area contributed by atoms with Crippen LogP contribution in [0.15, 0.2) is 0 Å². The van der Waals surface area contributed by atoms with Gasteiger partial charge in [-0.15, -0.1) is 0 Å². The van der Waals surface area contributed by atoms with Crippen molar-refractivity contribution in [2.75, 3.05) is 45.9 Å². The Hall–Kier alpha value is -0.160. The van der Waals surface area contributed by atoms with E-state index in [2.05, 4.69) is 15.1 Å². The molecule has 3 aliphatic heterocycles. The largest absolute Gasteiger partial charge is 0.374 e. The molecular formula is C16H29N3O. The SMILES string of the molecule is C1CNC(C2CC2)CN(CC2CN3CCCC3CO2)C1. The van der Waals surface area contributed by atoms with Crippen LogP contribution in [0.4, 0.5) is 0 Å². The molecule has 4 fully saturated rings. The van der Waals surface area contributed by atoms with Crippen LogP contribution in [0.25, 0.3) is 0 Å².